The number of likely N-dealkylation sites (N-methyl/N-ethyl adjacent to an activating group) is 1. The van der Waals surface area contributed by atoms with Gasteiger partial charge in [-0.1, -0.05) is 40.4 Å². The summed E-state index contributed by atoms with van der Waals surface area (Å²) in [5, 5.41) is 10.6. The molecule has 208 valence electrons. The lowest BCUT2D eigenvalue weighted by atomic mass is 9.86. The summed E-state index contributed by atoms with van der Waals surface area (Å²) in [4.78, 5) is 20.5. The molecule has 0 saturated carbocycles. The number of amides is 1. The van der Waals surface area contributed by atoms with Crippen molar-refractivity contribution in [1.29, 1.82) is 5.26 Å². The van der Waals surface area contributed by atoms with E-state index in [1.165, 1.54) is 0 Å². The molecule has 1 aliphatic carbocycles. The van der Waals surface area contributed by atoms with Crippen molar-refractivity contribution in [2.24, 2.45) is 0 Å². The maximum absolute atomic E-state index is 13.8. The van der Waals surface area contributed by atoms with Crippen LogP contribution in [0, 0.1) is 11.3 Å². The molecule has 0 N–H and O–H groups in total. The van der Waals surface area contributed by atoms with E-state index in [-0.39, 0.29) is 11.8 Å². The van der Waals surface area contributed by atoms with Gasteiger partial charge in [-0.05, 0) is 79.6 Å². The number of nitriles is 1. The second kappa shape index (κ2) is 12.8. The number of benzene rings is 2. The third-order valence-corrected chi connectivity index (χ3v) is 10.6. The molecule has 1 atom stereocenters. The number of carbonyl (C=O) groups excluding carboxylic acids is 1. The van der Waals surface area contributed by atoms with Crippen molar-refractivity contribution < 1.29 is 9.35 Å². The van der Waals surface area contributed by atoms with Crippen LogP contribution in [-0.2, 0) is 24.0 Å². The molecule has 2 heterocycles. The predicted octanol–water partition coefficient (Wildman–Crippen LogP) is 4.74. The number of rotatable bonds is 8. The largest absolute Gasteiger partial charge is 0.616 e. The number of likely N-dealkylation sites (tertiary alicyclic amines) is 1. The van der Waals surface area contributed by atoms with Crippen LogP contribution in [0.4, 0.5) is 0 Å². The lowest BCUT2D eigenvalue weighted by Crippen LogP contribution is -2.62. The number of hydrogen-bond donors (Lipinski definition) is 0. The maximum Gasteiger partial charge on any atom is 0.253 e. The summed E-state index contributed by atoms with van der Waals surface area (Å²) in [6.45, 7) is 5.41. The highest BCUT2D eigenvalue weighted by Crippen LogP contribution is 2.31. The second-order valence-corrected chi connectivity index (χ2v) is 13.6. The first-order valence-electron chi connectivity index (χ1n) is 13.9. The van der Waals surface area contributed by atoms with Gasteiger partial charge in [-0.15, -0.1) is 0 Å². The molecule has 5 rings (SSSR count). The SMILES string of the molecule is CN(C[C@@H](CCN1CC(N2CC[S+]([O-])CC2)C1)c1ccc(Cl)c(Cl)c1)C(=O)c1cc(C#N)cc2c1CCCC2. The average molecular weight is 588 g/mol. The summed E-state index contributed by atoms with van der Waals surface area (Å²) >= 11 is 12.0. The lowest BCUT2D eigenvalue weighted by molar-refractivity contribution is 0.0363. The summed E-state index contributed by atoms with van der Waals surface area (Å²) in [5.74, 6) is 1.65. The molecule has 0 aromatic heterocycles. The zero-order valence-corrected chi connectivity index (χ0v) is 24.8. The Hall–Kier alpha value is -1.79. The van der Waals surface area contributed by atoms with E-state index in [1.807, 2.05) is 36.2 Å². The standard InChI is InChI=1S/C30H36Cl2N4O2S/c1-34(30(37)27-15-21(17-33)14-23-4-2-3-5-26(23)27)18-24(22-6-7-28(31)29(32)16-22)8-9-35-19-25(20-35)36-10-12-39(38)13-11-36/h6-7,14-16,24-25H,2-5,8-13,18-20H2,1H3/t24-/m1/s1. The van der Waals surface area contributed by atoms with Gasteiger partial charge < -0.3 is 14.4 Å². The molecule has 2 saturated heterocycles. The van der Waals surface area contributed by atoms with Crippen LogP contribution in [0.2, 0.25) is 10.0 Å². The van der Waals surface area contributed by atoms with Crippen molar-refractivity contribution in [2.75, 3.05) is 57.8 Å². The molecule has 2 aromatic rings. The van der Waals surface area contributed by atoms with E-state index in [1.54, 1.807) is 6.07 Å². The fourth-order valence-corrected chi connectivity index (χ4v) is 7.57. The molecule has 2 fully saturated rings. The van der Waals surface area contributed by atoms with Gasteiger partial charge in [-0.3, -0.25) is 9.69 Å². The third kappa shape index (κ3) is 6.75. The molecule has 3 aliphatic rings. The Morgan fingerprint density at radius 2 is 1.90 bits per heavy atom. The summed E-state index contributed by atoms with van der Waals surface area (Å²) in [7, 11) is 1.86. The van der Waals surface area contributed by atoms with Crippen molar-refractivity contribution in [1.82, 2.24) is 14.7 Å². The van der Waals surface area contributed by atoms with Crippen LogP contribution in [0.15, 0.2) is 30.3 Å². The molecule has 2 aromatic carbocycles. The average Bonchev–Trinajstić information content (AvgIpc) is 2.92. The Morgan fingerprint density at radius 1 is 1.15 bits per heavy atom. The molecule has 6 nitrogen and oxygen atoms in total. The van der Waals surface area contributed by atoms with Crippen LogP contribution < -0.4 is 0 Å². The van der Waals surface area contributed by atoms with Crippen molar-refractivity contribution in [3.8, 4) is 6.07 Å². The molecule has 2 aliphatic heterocycles. The predicted molar refractivity (Wildman–Crippen MR) is 158 cm³/mol. The fraction of sp³-hybridized carbons (Fsp3) is 0.533. The highest BCUT2D eigenvalue weighted by atomic mass is 35.5. The molecule has 0 spiro atoms. The molecule has 0 bridgehead atoms. The van der Waals surface area contributed by atoms with Gasteiger partial charge in [0.05, 0.1) is 21.7 Å². The van der Waals surface area contributed by atoms with E-state index in [4.69, 9.17) is 23.2 Å². The molecule has 0 radical (unpaired) electrons. The van der Waals surface area contributed by atoms with E-state index in [9.17, 15) is 14.6 Å². The topological polar surface area (TPSA) is 73.6 Å². The van der Waals surface area contributed by atoms with Crippen molar-refractivity contribution in [3.05, 3.63) is 68.2 Å². The highest BCUT2D eigenvalue weighted by molar-refractivity contribution is 7.91. The minimum Gasteiger partial charge on any atom is -0.616 e. The number of fused-ring (bicyclic) bond motifs is 1. The summed E-state index contributed by atoms with van der Waals surface area (Å²) in [6, 6.07) is 12.3. The molecule has 0 unspecified atom stereocenters. The van der Waals surface area contributed by atoms with Crippen LogP contribution in [0.1, 0.15) is 57.8 Å². The van der Waals surface area contributed by atoms with Crippen LogP contribution in [0.25, 0.3) is 0 Å². The van der Waals surface area contributed by atoms with Crippen molar-refractivity contribution in [3.63, 3.8) is 0 Å². The first-order valence-corrected chi connectivity index (χ1v) is 16.1. The normalized spacial score (nSPS) is 19.7. The molecular formula is C30H36Cl2N4O2S. The van der Waals surface area contributed by atoms with Crippen LogP contribution in [0.3, 0.4) is 0 Å². The van der Waals surface area contributed by atoms with Crippen LogP contribution >= 0.6 is 23.2 Å². The van der Waals surface area contributed by atoms with E-state index in [2.05, 4.69) is 15.9 Å². The number of hydrogen-bond acceptors (Lipinski definition) is 5. The fourth-order valence-electron chi connectivity index (χ4n) is 6.18. The molecular weight excluding hydrogens is 551 g/mol. The Kier molecular flexibility index (Phi) is 9.43. The van der Waals surface area contributed by atoms with E-state index < -0.39 is 11.2 Å². The Morgan fingerprint density at radius 3 is 2.62 bits per heavy atom. The minimum atomic E-state index is -0.649. The minimum absolute atomic E-state index is 0.0261. The zero-order chi connectivity index (χ0) is 27.5. The Labute approximate surface area is 245 Å². The summed E-state index contributed by atoms with van der Waals surface area (Å²) < 4.78 is 11.7. The van der Waals surface area contributed by atoms with Gasteiger partial charge in [0.2, 0.25) is 0 Å². The molecule has 1 amide bonds. The second-order valence-electron chi connectivity index (χ2n) is 11.1. The number of aryl methyl sites for hydroxylation is 1. The first-order chi connectivity index (χ1) is 18.8. The van der Waals surface area contributed by atoms with Gasteiger partial charge in [0.15, 0.2) is 0 Å². The number of halogens is 2. The van der Waals surface area contributed by atoms with Gasteiger partial charge >= 0.3 is 0 Å². The van der Waals surface area contributed by atoms with Crippen LogP contribution in [-0.4, -0.2) is 89.0 Å². The quantitative estimate of drug-likeness (QED) is 0.418. The van der Waals surface area contributed by atoms with Gasteiger partial charge in [-0.2, -0.15) is 5.26 Å². The summed E-state index contributed by atoms with van der Waals surface area (Å²) in [6.07, 6.45) is 4.87. The van der Waals surface area contributed by atoms with Crippen molar-refractivity contribution >= 4 is 40.3 Å². The maximum atomic E-state index is 13.8. The number of carbonyl (C=O) groups is 1. The van der Waals surface area contributed by atoms with Crippen molar-refractivity contribution in [2.45, 2.75) is 44.1 Å². The molecule has 39 heavy (non-hydrogen) atoms. The van der Waals surface area contributed by atoms with Gasteiger partial charge in [0.1, 0.15) is 11.5 Å². The summed E-state index contributed by atoms with van der Waals surface area (Å²) in [5.41, 5.74) is 4.56. The zero-order valence-electron chi connectivity index (χ0n) is 22.5. The van der Waals surface area contributed by atoms with E-state index >= 15 is 0 Å². The smallest absolute Gasteiger partial charge is 0.253 e. The Bertz CT molecular complexity index is 1240. The Balaban J connectivity index is 1.27. The van der Waals surface area contributed by atoms with E-state index in [0.29, 0.717) is 33.8 Å². The lowest BCUT2D eigenvalue weighted by Gasteiger charge is -2.47. The van der Waals surface area contributed by atoms with Gasteiger partial charge in [0.25, 0.3) is 5.91 Å². The molecule has 9 heteroatoms. The monoisotopic (exact) mass is 586 g/mol. The van der Waals surface area contributed by atoms with E-state index in [0.717, 1.165) is 93.0 Å². The number of nitrogens with zero attached hydrogens (tertiary/aromatic N) is 4. The van der Waals surface area contributed by atoms with Gasteiger partial charge in [0, 0.05) is 57.3 Å². The third-order valence-electron chi connectivity index (χ3n) is 8.54. The highest BCUT2D eigenvalue weighted by Gasteiger charge is 2.35. The first kappa shape index (κ1) is 28.7. The van der Waals surface area contributed by atoms with Gasteiger partial charge in [-0.25, -0.2) is 0 Å². The van der Waals surface area contributed by atoms with Crippen LogP contribution in [0.5, 0.6) is 0 Å².